The summed E-state index contributed by atoms with van der Waals surface area (Å²) in [6.07, 6.45) is 6.22. The minimum absolute atomic E-state index is 0.250. The maximum Gasteiger partial charge on any atom is 0.252 e. The van der Waals surface area contributed by atoms with E-state index >= 15 is 0 Å². The van der Waals surface area contributed by atoms with E-state index in [9.17, 15) is 0 Å². The minimum atomic E-state index is -0.250. The number of anilines is 7. The molecule has 4 bridgehead atoms. The molecule has 21 aromatic carbocycles. The quantitative estimate of drug-likeness (QED) is 0.0726. The van der Waals surface area contributed by atoms with E-state index in [4.69, 9.17) is 0 Å². The Balaban J connectivity index is 0.824. The van der Waals surface area contributed by atoms with Crippen LogP contribution in [0, 0.1) is 11.8 Å². The molecule has 0 spiro atoms. The van der Waals surface area contributed by atoms with Crippen LogP contribution in [0.2, 0.25) is 0 Å². The molecular weight excluding hydrogens is 1430 g/mol. The van der Waals surface area contributed by atoms with Gasteiger partial charge in [0, 0.05) is 62.8 Å². The van der Waals surface area contributed by atoms with Crippen LogP contribution in [0.25, 0.3) is 175 Å². The number of nitrogens with zero attached hydrogens (tertiary/aromatic N) is 3. The van der Waals surface area contributed by atoms with Crippen molar-refractivity contribution in [2.45, 2.75) is 44.2 Å². The van der Waals surface area contributed by atoms with Crippen LogP contribution < -0.4 is 31.1 Å². The summed E-state index contributed by atoms with van der Waals surface area (Å²) < 4.78 is 0. The van der Waals surface area contributed by atoms with Gasteiger partial charge in [-0.2, -0.15) is 0 Å². The molecule has 4 fully saturated rings. The van der Waals surface area contributed by atoms with Crippen molar-refractivity contribution in [3.63, 3.8) is 0 Å². The summed E-state index contributed by atoms with van der Waals surface area (Å²) in [5.74, 6) is 1.48. The second-order valence-electron chi connectivity index (χ2n) is 34.5. The third kappa shape index (κ3) is 10.2. The van der Waals surface area contributed by atoms with Crippen LogP contribution in [0.5, 0.6) is 0 Å². The van der Waals surface area contributed by atoms with Crippen LogP contribution >= 0.6 is 0 Å². The molecule has 0 radical (unpaired) electrons. The first-order valence-corrected chi connectivity index (χ1v) is 42.7. The maximum atomic E-state index is 2.98. The normalized spacial score (nSPS) is 16.5. The smallest absolute Gasteiger partial charge is 0.252 e. The third-order valence-corrected chi connectivity index (χ3v) is 28.0. The van der Waals surface area contributed by atoms with Gasteiger partial charge in [0.1, 0.15) is 0 Å². The van der Waals surface area contributed by atoms with Gasteiger partial charge in [-0.25, -0.2) is 0 Å². The molecule has 556 valence electrons. The average Bonchev–Trinajstić information content (AvgIpc) is 0.683. The predicted molar refractivity (Wildman–Crippen MR) is 506 cm³/mol. The maximum absolute atomic E-state index is 2.98. The molecule has 0 atom stereocenters. The number of benzene rings is 21. The van der Waals surface area contributed by atoms with Crippen LogP contribution in [0.3, 0.4) is 0 Å². The Morgan fingerprint density at radius 3 is 0.857 bits per heavy atom. The number of fused-ring (bicyclic) bond motifs is 8. The van der Waals surface area contributed by atoms with E-state index in [1.165, 1.54) is 208 Å². The van der Waals surface area contributed by atoms with E-state index in [1.54, 1.807) is 0 Å². The highest BCUT2D eigenvalue weighted by Crippen LogP contribution is 2.59. The van der Waals surface area contributed by atoms with Crippen molar-refractivity contribution in [2.75, 3.05) is 14.7 Å². The lowest BCUT2D eigenvalue weighted by atomic mass is 9.33. The highest BCUT2D eigenvalue weighted by atomic mass is 15.2. The van der Waals surface area contributed by atoms with E-state index in [0.29, 0.717) is 12.1 Å². The molecule has 2 saturated carbocycles. The monoisotopic (exact) mass is 1510 g/mol. The lowest BCUT2D eigenvalue weighted by molar-refractivity contribution is 0.0900. The van der Waals surface area contributed by atoms with Crippen molar-refractivity contribution < 1.29 is 0 Å². The SMILES string of the molecule is c1ccc(-c2cc(-c3ccccc3)c(N3c4cc(-c5cc6cccc7c8cccc9cccc(c(c5)c67)c98)ccc4B4c5ccc(-c6cc7cccc8c9cccc%10cccc(c(c6)c78)c%109)cc5N(c5c(-c6ccccc6)cc(-c6ccccc6)cc5-c5ccccc5)c5cc(N6C7CC8CC(C7)CC6C8)cc3c54)c(-c3ccccc3)c2)cc1. The predicted octanol–water partition coefficient (Wildman–Crippen LogP) is 29.0. The Labute approximate surface area is 692 Å². The number of hydrogen-bond acceptors (Lipinski definition) is 3. The van der Waals surface area contributed by atoms with Gasteiger partial charge in [-0.05, 0) is 286 Å². The molecule has 4 heterocycles. The van der Waals surface area contributed by atoms with Gasteiger partial charge < -0.3 is 14.7 Å². The van der Waals surface area contributed by atoms with Crippen molar-refractivity contribution in [3.8, 4) is 89.0 Å². The van der Waals surface area contributed by atoms with E-state index in [-0.39, 0.29) is 6.71 Å². The second-order valence-corrected chi connectivity index (χ2v) is 34.5. The third-order valence-electron chi connectivity index (χ3n) is 28.0. The molecule has 119 heavy (non-hydrogen) atoms. The molecule has 4 heteroatoms. The molecule has 0 unspecified atom stereocenters. The van der Waals surface area contributed by atoms with Gasteiger partial charge in [-0.3, -0.25) is 0 Å². The zero-order chi connectivity index (χ0) is 77.7. The largest absolute Gasteiger partial charge is 0.365 e. The first-order valence-electron chi connectivity index (χ1n) is 42.7. The van der Waals surface area contributed by atoms with E-state index < -0.39 is 0 Å². The van der Waals surface area contributed by atoms with Gasteiger partial charge in [0.05, 0.1) is 11.4 Å². The van der Waals surface area contributed by atoms with E-state index in [1.807, 2.05) is 0 Å². The average molecular weight is 1510 g/mol. The molecule has 2 aliphatic carbocycles. The lowest BCUT2D eigenvalue weighted by Gasteiger charge is -2.58. The standard InChI is InChI=1S/C115H78BN3/c1-7-25-72(26-8-1)86-60-97(74-29-11-3-12-30-74)114(98(61-86)75-31-13-4-14-32-75)118-105-66-80(84-58-82-41-23-45-93-91-43-19-37-78-39-21-47-95(109(78)91)101(64-84)111(82)93)49-51-103(105)116-104-52-50-81(85-59-83-42-24-46-94-92-44-20-38-79-40-22-48-96(110(79)92)102(65-85)112(83)94)67-106(104)119(108-69-90(68-107(118)113(108)116)117-88-54-70-53-71(56-88)57-89(117)55-70)115-99(76-33-15-5-16-34-76)62-87(73-27-9-2-10-28-73)63-100(115)77-35-17-6-18-36-77/h1-52,58-71,88-89H,53-57H2. The highest BCUT2D eigenvalue weighted by molar-refractivity contribution is 7.00. The minimum Gasteiger partial charge on any atom is -0.365 e. The van der Waals surface area contributed by atoms with Crippen molar-refractivity contribution in [1.29, 1.82) is 0 Å². The molecule has 0 N–H and O–H groups in total. The van der Waals surface area contributed by atoms with Crippen LogP contribution in [0.4, 0.5) is 39.8 Å². The number of piperidine rings is 2. The van der Waals surface area contributed by atoms with Crippen molar-refractivity contribution in [2.24, 2.45) is 11.8 Å². The topological polar surface area (TPSA) is 9.72 Å². The van der Waals surface area contributed by atoms with E-state index in [0.717, 1.165) is 67.7 Å². The first kappa shape index (κ1) is 66.9. The highest BCUT2D eigenvalue weighted by Gasteiger charge is 2.50. The lowest BCUT2D eigenvalue weighted by Crippen LogP contribution is -2.62. The van der Waals surface area contributed by atoms with Gasteiger partial charge >= 0.3 is 0 Å². The van der Waals surface area contributed by atoms with Gasteiger partial charge in [0.2, 0.25) is 0 Å². The molecule has 0 amide bonds. The molecule has 2 saturated heterocycles. The molecule has 0 aromatic heterocycles. The summed E-state index contributed by atoms with van der Waals surface area (Å²) >= 11 is 0. The van der Waals surface area contributed by atoms with Gasteiger partial charge in [0.15, 0.2) is 0 Å². The molecule has 6 aliphatic rings. The van der Waals surface area contributed by atoms with Crippen LogP contribution in [-0.2, 0) is 0 Å². The molecular formula is C115H78BN3. The zero-order valence-corrected chi connectivity index (χ0v) is 65.7. The Bertz CT molecular complexity index is 7140. The number of rotatable bonds is 11. The van der Waals surface area contributed by atoms with Crippen LogP contribution in [-0.4, -0.2) is 18.8 Å². The Kier molecular flexibility index (Phi) is 14.7. The summed E-state index contributed by atoms with van der Waals surface area (Å²) in [5, 5.41) is 20.6. The first-order chi connectivity index (χ1) is 59.0. The second kappa shape index (κ2) is 26.1. The number of hydrogen-bond donors (Lipinski definition) is 0. The summed E-state index contributed by atoms with van der Waals surface area (Å²) in [7, 11) is 0. The molecule has 3 nitrogen and oxygen atoms in total. The molecule has 27 rings (SSSR count). The summed E-state index contributed by atoms with van der Waals surface area (Å²) in [5.41, 5.74) is 30.8. The fourth-order valence-electron chi connectivity index (χ4n) is 23.3. The fraction of sp³-hybridized carbons (Fsp3) is 0.0783. The Morgan fingerprint density at radius 1 is 0.210 bits per heavy atom. The van der Waals surface area contributed by atoms with Crippen LogP contribution in [0.1, 0.15) is 32.1 Å². The van der Waals surface area contributed by atoms with Crippen molar-refractivity contribution >= 4 is 149 Å². The Hall–Kier alpha value is -14.3. The zero-order valence-electron chi connectivity index (χ0n) is 65.7. The van der Waals surface area contributed by atoms with Gasteiger partial charge in [-0.15, -0.1) is 0 Å². The van der Waals surface area contributed by atoms with Gasteiger partial charge in [-0.1, -0.05) is 315 Å². The summed E-state index contributed by atoms with van der Waals surface area (Å²) in [6, 6.07) is 151. The van der Waals surface area contributed by atoms with Gasteiger partial charge in [0.25, 0.3) is 6.71 Å². The van der Waals surface area contributed by atoms with Crippen molar-refractivity contribution in [3.05, 3.63) is 388 Å². The van der Waals surface area contributed by atoms with Crippen molar-refractivity contribution in [1.82, 2.24) is 0 Å². The summed E-state index contributed by atoms with van der Waals surface area (Å²) in [4.78, 5) is 8.61. The fourth-order valence-corrected chi connectivity index (χ4v) is 23.3. The molecule has 21 aromatic rings. The summed E-state index contributed by atoms with van der Waals surface area (Å²) in [6.45, 7) is -0.250. The van der Waals surface area contributed by atoms with Crippen LogP contribution in [0.15, 0.2) is 388 Å². The molecule has 4 aliphatic heterocycles. The Morgan fingerprint density at radius 2 is 0.513 bits per heavy atom. The van der Waals surface area contributed by atoms with E-state index in [2.05, 4.69) is 403 Å².